The first-order valence-corrected chi connectivity index (χ1v) is 7.61. The zero-order chi connectivity index (χ0) is 15.2. The highest BCUT2D eigenvalue weighted by Gasteiger charge is 2.12. The van der Waals surface area contributed by atoms with E-state index in [4.69, 9.17) is 4.98 Å². The van der Waals surface area contributed by atoms with Gasteiger partial charge < -0.3 is 9.80 Å². The summed E-state index contributed by atoms with van der Waals surface area (Å²) in [5, 5.41) is 0. The number of anilines is 3. The first-order chi connectivity index (χ1) is 10.2. The van der Waals surface area contributed by atoms with Crippen molar-refractivity contribution in [2.75, 3.05) is 29.4 Å². The molecule has 0 saturated heterocycles. The Kier molecular flexibility index (Phi) is 5.14. The summed E-state index contributed by atoms with van der Waals surface area (Å²) >= 11 is 0. The van der Waals surface area contributed by atoms with E-state index in [2.05, 4.69) is 66.7 Å². The summed E-state index contributed by atoms with van der Waals surface area (Å²) in [6, 6.07) is 10.4. The third kappa shape index (κ3) is 3.51. The van der Waals surface area contributed by atoms with E-state index in [1.54, 1.807) is 0 Å². The van der Waals surface area contributed by atoms with Crippen molar-refractivity contribution >= 4 is 17.5 Å². The van der Waals surface area contributed by atoms with E-state index in [-0.39, 0.29) is 0 Å². The quantitative estimate of drug-likeness (QED) is 0.808. The SMILES string of the molecule is CCN(CC)c1ccnc(N(CC)c2cccc(C)c2)n1. The summed E-state index contributed by atoms with van der Waals surface area (Å²) in [4.78, 5) is 13.6. The van der Waals surface area contributed by atoms with Gasteiger partial charge in [-0.15, -0.1) is 0 Å². The molecular weight excluding hydrogens is 260 g/mol. The van der Waals surface area contributed by atoms with Crippen LogP contribution in [0.25, 0.3) is 0 Å². The van der Waals surface area contributed by atoms with Crippen LogP contribution in [0, 0.1) is 6.92 Å². The Labute approximate surface area is 127 Å². The average molecular weight is 284 g/mol. The molecule has 1 aromatic heterocycles. The second kappa shape index (κ2) is 7.07. The number of hydrogen-bond acceptors (Lipinski definition) is 4. The van der Waals surface area contributed by atoms with Gasteiger partial charge in [0.25, 0.3) is 0 Å². The van der Waals surface area contributed by atoms with E-state index in [1.165, 1.54) is 5.56 Å². The third-order valence-electron chi connectivity index (χ3n) is 3.59. The summed E-state index contributed by atoms with van der Waals surface area (Å²) in [7, 11) is 0. The maximum absolute atomic E-state index is 4.73. The molecule has 2 rings (SSSR count). The Hall–Kier alpha value is -2.10. The minimum Gasteiger partial charge on any atom is -0.357 e. The molecule has 0 spiro atoms. The standard InChI is InChI=1S/C17H24N4/c1-5-20(6-2)16-11-12-18-17(19-16)21(7-3)15-10-8-9-14(4)13-15/h8-13H,5-7H2,1-4H3. The molecular formula is C17H24N4. The van der Waals surface area contributed by atoms with Crippen LogP contribution >= 0.6 is 0 Å². The zero-order valence-corrected chi connectivity index (χ0v) is 13.4. The molecule has 21 heavy (non-hydrogen) atoms. The van der Waals surface area contributed by atoms with Crippen LogP contribution in [0.4, 0.5) is 17.5 Å². The normalized spacial score (nSPS) is 10.5. The number of rotatable bonds is 6. The fourth-order valence-electron chi connectivity index (χ4n) is 2.43. The molecule has 0 saturated carbocycles. The maximum atomic E-state index is 4.73. The van der Waals surface area contributed by atoms with Crippen LogP contribution in [0.1, 0.15) is 26.3 Å². The van der Waals surface area contributed by atoms with Crippen molar-refractivity contribution in [3.05, 3.63) is 42.1 Å². The van der Waals surface area contributed by atoms with Gasteiger partial charge in [-0.2, -0.15) is 4.98 Å². The number of aryl methyl sites for hydroxylation is 1. The number of nitrogens with zero attached hydrogens (tertiary/aromatic N) is 4. The largest absolute Gasteiger partial charge is 0.357 e. The predicted molar refractivity (Wildman–Crippen MR) is 89.5 cm³/mol. The molecule has 2 aromatic rings. The predicted octanol–water partition coefficient (Wildman–Crippen LogP) is 3.79. The van der Waals surface area contributed by atoms with E-state index < -0.39 is 0 Å². The Morgan fingerprint density at radius 2 is 1.76 bits per heavy atom. The lowest BCUT2D eigenvalue weighted by molar-refractivity contribution is 0.834. The van der Waals surface area contributed by atoms with Crippen LogP contribution in [0.2, 0.25) is 0 Å². The fourth-order valence-corrected chi connectivity index (χ4v) is 2.43. The van der Waals surface area contributed by atoms with Gasteiger partial charge in [0.1, 0.15) is 5.82 Å². The van der Waals surface area contributed by atoms with Gasteiger partial charge in [0.05, 0.1) is 0 Å². The topological polar surface area (TPSA) is 32.3 Å². The van der Waals surface area contributed by atoms with Gasteiger partial charge >= 0.3 is 0 Å². The molecule has 0 aliphatic heterocycles. The van der Waals surface area contributed by atoms with Crippen LogP contribution in [-0.4, -0.2) is 29.6 Å². The molecule has 112 valence electrons. The summed E-state index contributed by atoms with van der Waals surface area (Å²) in [6.45, 7) is 11.2. The molecule has 1 aromatic carbocycles. The van der Waals surface area contributed by atoms with Gasteiger partial charge in [-0.05, 0) is 51.5 Å². The molecule has 1 heterocycles. The lowest BCUT2D eigenvalue weighted by atomic mass is 10.2. The molecule has 0 radical (unpaired) electrons. The molecule has 0 N–H and O–H groups in total. The van der Waals surface area contributed by atoms with E-state index in [0.717, 1.165) is 37.1 Å². The van der Waals surface area contributed by atoms with Crippen molar-refractivity contribution in [1.82, 2.24) is 9.97 Å². The Bertz CT molecular complexity index is 579. The van der Waals surface area contributed by atoms with Gasteiger partial charge in [-0.1, -0.05) is 12.1 Å². The van der Waals surface area contributed by atoms with Crippen LogP contribution in [-0.2, 0) is 0 Å². The highest BCUT2D eigenvalue weighted by atomic mass is 15.3. The second-order valence-corrected chi connectivity index (χ2v) is 4.97. The molecule has 0 aliphatic rings. The van der Waals surface area contributed by atoms with Crippen LogP contribution in [0.5, 0.6) is 0 Å². The van der Waals surface area contributed by atoms with Gasteiger partial charge in [0.2, 0.25) is 5.95 Å². The van der Waals surface area contributed by atoms with Gasteiger partial charge in [-0.3, -0.25) is 0 Å². The van der Waals surface area contributed by atoms with E-state index >= 15 is 0 Å². The summed E-state index contributed by atoms with van der Waals surface area (Å²) in [5.41, 5.74) is 2.38. The first-order valence-electron chi connectivity index (χ1n) is 7.61. The lowest BCUT2D eigenvalue weighted by Crippen LogP contribution is -2.25. The summed E-state index contributed by atoms with van der Waals surface area (Å²) in [5.74, 6) is 1.74. The molecule has 0 unspecified atom stereocenters. The Morgan fingerprint density at radius 1 is 1.00 bits per heavy atom. The molecule has 4 heteroatoms. The highest BCUT2D eigenvalue weighted by Crippen LogP contribution is 2.24. The van der Waals surface area contributed by atoms with Crippen molar-refractivity contribution in [2.45, 2.75) is 27.7 Å². The number of benzene rings is 1. The number of hydrogen-bond donors (Lipinski definition) is 0. The fraction of sp³-hybridized carbons (Fsp3) is 0.412. The minimum atomic E-state index is 0.757. The zero-order valence-electron chi connectivity index (χ0n) is 13.4. The molecule has 0 aliphatic carbocycles. The van der Waals surface area contributed by atoms with Crippen LogP contribution in [0.3, 0.4) is 0 Å². The highest BCUT2D eigenvalue weighted by molar-refractivity contribution is 5.59. The molecule has 0 bridgehead atoms. The average Bonchev–Trinajstić information content (AvgIpc) is 2.50. The van der Waals surface area contributed by atoms with Crippen LogP contribution in [0.15, 0.2) is 36.5 Å². The lowest BCUT2D eigenvalue weighted by Gasteiger charge is -2.24. The van der Waals surface area contributed by atoms with Gasteiger partial charge in [-0.25, -0.2) is 4.98 Å². The van der Waals surface area contributed by atoms with Gasteiger partial charge in [0.15, 0.2) is 0 Å². The van der Waals surface area contributed by atoms with E-state index in [1.807, 2.05) is 12.3 Å². The van der Waals surface area contributed by atoms with Crippen LogP contribution < -0.4 is 9.80 Å². The molecule has 4 nitrogen and oxygen atoms in total. The molecule has 0 amide bonds. The smallest absolute Gasteiger partial charge is 0.231 e. The first kappa shape index (κ1) is 15.3. The molecule has 0 atom stereocenters. The Morgan fingerprint density at radius 3 is 2.38 bits per heavy atom. The van der Waals surface area contributed by atoms with Crippen molar-refractivity contribution in [3.63, 3.8) is 0 Å². The van der Waals surface area contributed by atoms with Crippen molar-refractivity contribution in [3.8, 4) is 0 Å². The van der Waals surface area contributed by atoms with Crippen molar-refractivity contribution in [1.29, 1.82) is 0 Å². The van der Waals surface area contributed by atoms with E-state index in [9.17, 15) is 0 Å². The summed E-state index contributed by atoms with van der Waals surface area (Å²) < 4.78 is 0. The monoisotopic (exact) mass is 284 g/mol. The van der Waals surface area contributed by atoms with E-state index in [0.29, 0.717) is 0 Å². The van der Waals surface area contributed by atoms with Crippen molar-refractivity contribution < 1.29 is 0 Å². The number of aromatic nitrogens is 2. The third-order valence-corrected chi connectivity index (χ3v) is 3.59. The van der Waals surface area contributed by atoms with Gasteiger partial charge in [0, 0.05) is 31.5 Å². The van der Waals surface area contributed by atoms with Crippen molar-refractivity contribution in [2.24, 2.45) is 0 Å². The second-order valence-electron chi connectivity index (χ2n) is 4.97. The minimum absolute atomic E-state index is 0.757. The summed E-state index contributed by atoms with van der Waals surface area (Å²) in [6.07, 6.45) is 1.84. The Balaban J connectivity index is 2.36. The molecule has 0 fully saturated rings. The maximum Gasteiger partial charge on any atom is 0.231 e.